The van der Waals surface area contributed by atoms with Gasteiger partial charge in [-0.05, 0) is 20.3 Å². The molecule has 0 aliphatic carbocycles. The lowest BCUT2D eigenvalue weighted by Crippen LogP contribution is -2.63. The second-order valence-electron chi connectivity index (χ2n) is 4.18. The third kappa shape index (κ3) is 2.76. The summed E-state index contributed by atoms with van der Waals surface area (Å²) in [5.41, 5.74) is -0.638. The minimum atomic E-state index is -0.638. The fraction of sp³-hybridized carbons (Fsp3) is 0.800. The maximum absolute atomic E-state index is 11.9. The highest BCUT2D eigenvalue weighted by Crippen LogP contribution is 2.13. The van der Waals surface area contributed by atoms with Crippen molar-refractivity contribution in [1.82, 2.24) is 10.2 Å². The van der Waals surface area contributed by atoms with Crippen LogP contribution >= 0.6 is 0 Å². The zero-order valence-corrected chi connectivity index (χ0v) is 9.50. The molecule has 5 nitrogen and oxygen atoms in total. The van der Waals surface area contributed by atoms with E-state index in [1.54, 1.807) is 21.0 Å². The number of hydrogen-bond acceptors (Lipinski definition) is 4. The molecule has 1 saturated heterocycles. The fourth-order valence-electron chi connectivity index (χ4n) is 1.51. The van der Waals surface area contributed by atoms with Gasteiger partial charge >= 0.3 is 0 Å². The van der Waals surface area contributed by atoms with Crippen LogP contribution in [-0.4, -0.2) is 49.1 Å². The van der Waals surface area contributed by atoms with Gasteiger partial charge in [0.1, 0.15) is 0 Å². The first-order chi connectivity index (χ1) is 6.99. The molecule has 2 amide bonds. The Hall–Kier alpha value is -0.940. The van der Waals surface area contributed by atoms with Crippen LogP contribution in [0.1, 0.15) is 20.3 Å². The van der Waals surface area contributed by atoms with Crippen molar-refractivity contribution in [2.24, 2.45) is 0 Å². The van der Waals surface area contributed by atoms with E-state index in [1.807, 2.05) is 0 Å². The van der Waals surface area contributed by atoms with Crippen LogP contribution < -0.4 is 5.32 Å². The molecule has 5 heteroatoms. The SMILES string of the molecule is COCCCN1C(=O)CNC(C)(C)C1=O. The number of hydrogen-bond donors (Lipinski definition) is 1. The Morgan fingerprint density at radius 1 is 1.47 bits per heavy atom. The van der Waals surface area contributed by atoms with Crippen molar-refractivity contribution in [2.45, 2.75) is 25.8 Å². The van der Waals surface area contributed by atoms with Crippen molar-refractivity contribution in [3.8, 4) is 0 Å². The maximum Gasteiger partial charge on any atom is 0.248 e. The molecule has 1 heterocycles. The summed E-state index contributed by atoms with van der Waals surface area (Å²) >= 11 is 0. The van der Waals surface area contributed by atoms with Crippen LogP contribution in [0.15, 0.2) is 0 Å². The maximum atomic E-state index is 11.9. The van der Waals surface area contributed by atoms with Gasteiger partial charge in [-0.25, -0.2) is 0 Å². The summed E-state index contributed by atoms with van der Waals surface area (Å²) in [6.45, 7) is 4.80. The van der Waals surface area contributed by atoms with E-state index in [9.17, 15) is 9.59 Å². The third-order valence-corrected chi connectivity index (χ3v) is 2.49. The topological polar surface area (TPSA) is 58.6 Å². The number of amides is 2. The van der Waals surface area contributed by atoms with Crippen LogP contribution in [0.2, 0.25) is 0 Å². The molecule has 0 aromatic carbocycles. The number of piperazine rings is 1. The quantitative estimate of drug-likeness (QED) is 0.518. The van der Waals surface area contributed by atoms with Crippen molar-refractivity contribution in [1.29, 1.82) is 0 Å². The number of methoxy groups -OCH3 is 1. The highest BCUT2D eigenvalue weighted by atomic mass is 16.5. The monoisotopic (exact) mass is 214 g/mol. The van der Waals surface area contributed by atoms with Crippen molar-refractivity contribution >= 4 is 11.8 Å². The molecule has 0 aromatic rings. The smallest absolute Gasteiger partial charge is 0.248 e. The van der Waals surface area contributed by atoms with Crippen LogP contribution in [0.3, 0.4) is 0 Å². The van der Waals surface area contributed by atoms with E-state index in [0.717, 1.165) is 0 Å². The highest BCUT2D eigenvalue weighted by Gasteiger charge is 2.39. The van der Waals surface area contributed by atoms with E-state index >= 15 is 0 Å². The van der Waals surface area contributed by atoms with Crippen LogP contribution in [-0.2, 0) is 14.3 Å². The van der Waals surface area contributed by atoms with Gasteiger partial charge in [-0.15, -0.1) is 0 Å². The summed E-state index contributed by atoms with van der Waals surface area (Å²) < 4.78 is 4.89. The second kappa shape index (κ2) is 4.72. The van der Waals surface area contributed by atoms with Crippen LogP contribution in [0.4, 0.5) is 0 Å². The highest BCUT2D eigenvalue weighted by molar-refractivity contribution is 6.02. The molecular formula is C10H18N2O3. The van der Waals surface area contributed by atoms with Gasteiger partial charge in [-0.3, -0.25) is 19.8 Å². The minimum absolute atomic E-state index is 0.157. The van der Waals surface area contributed by atoms with E-state index in [-0.39, 0.29) is 18.4 Å². The van der Waals surface area contributed by atoms with Gasteiger partial charge in [-0.1, -0.05) is 0 Å². The Morgan fingerprint density at radius 2 is 2.13 bits per heavy atom. The summed E-state index contributed by atoms with van der Waals surface area (Å²) in [5.74, 6) is -0.315. The first-order valence-corrected chi connectivity index (χ1v) is 5.08. The number of rotatable bonds is 4. The van der Waals surface area contributed by atoms with Crippen LogP contribution in [0.25, 0.3) is 0 Å². The molecule has 1 aliphatic heterocycles. The van der Waals surface area contributed by atoms with Gasteiger partial charge in [0.2, 0.25) is 11.8 Å². The Balaban J connectivity index is 2.59. The summed E-state index contributed by atoms with van der Waals surface area (Å²) in [5, 5.41) is 2.91. The van der Waals surface area contributed by atoms with E-state index in [0.29, 0.717) is 19.6 Å². The van der Waals surface area contributed by atoms with Crippen molar-refractivity contribution in [3.05, 3.63) is 0 Å². The molecule has 86 valence electrons. The lowest BCUT2D eigenvalue weighted by molar-refractivity contribution is -0.152. The van der Waals surface area contributed by atoms with E-state index in [4.69, 9.17) is 4.74 Å². The van der Waals surface area contributed by atoms with Gasteiger partial charge in [0.25, 0.3) is 0 Å². The standard InChI is InChI=1S/C10H18N2O3/c1-10(2)9(14)12(5-4-6-15-3)8(13)7-11-10/h11H,4-7H2,1-3H3. The molecule has 0 aromatic heterocycles. The van der Waals surface area contributed by atoms with Crippen molar-refractivity contribution in [2.75, 3.05) is 26.8 Å². The average Bonchev–Trinajstić information content (AvgIpc) is 2.18. The third-order valence-electron chi connectivity index (χ3n) is 2.49. The van der Waals surface area contributed by atoms with Crippen LogP contribution in [0.5, 0.6) is 0 Å². The minimum Gasteiger partial charge on any atom is -0.385 e. The van der Waals surface area contributed by atoms with E-state index in [2.05, 4.69) is 5.32 Å². The molecular weight excluding hydrogens is 196 g/mol. The molecule has 15 heavy (non-hydrogen) atoms. The zero-order chi connectivity index (χ0) is 11.5. The van der Waals surface area contributed by atoms with Crippen LogP contribution in [0, 0.1) is 0 Å². The summed E-state index contributed by atoms with van der Waals surface area (Å²) in [7, 11) is 1.60. The molecule has 0 bridgehead atoms. The predicted molar refractivity (Wildman–Crippen MR) is 55.3 cm³/mol. The number of ether oxygens (including phenoxy) is 1. The molecule has 1 rings (SSSR count). The largest absolute Gasteiger partial charge is 0.385 e. The van der Waals surface area contributed by atoms with E-state index < -0.39 is 5.54 Å². The number of nitrogens with zero attached hydrogens (tertiary/aromatic N) is 1. The van der Waals surface area contributed by atoms with Crippen molar-refractivity contribution in [3.63, 3.8) is 0 Å². The lowest BCUT2D eigenvalue weighted by atomic mass is 10.0. The molecule has 0 unspecified atom stereocenters. The summed E-state index contributed by atoms with van der Waals surface area (Å²) in [6, 6.07) is 0. The first-order valence-electron chi connectivity index (χ1n) is 5.08. The second-order valence-corrected chi connectivity index (χ2v) is 4.18. The zero-order valence-electron chi connectivity index (χ0n) is 9.50. The normalized spacial score (nSPS) is 20.9. The van der Waals surface area contributed by atoms with E-state index in [1.165, 1.54) is 4.90 Å². The first kappa shape index (κ1) is 12.1. The van der Waals surface area contributed by atoms with Gasteiger partial charge in [0, 0.05) is 20.3 Å². The summed E-state index contributed by atoms with van der Waals surface area (Å²) in [6.07, 6.45) is 0.685. The summed E-state index contributed by atoms with van der Waals surface area (Å²) in [4.78, 5) is 24.7. The molecule has 1 aliphatic rings. The molecule has 0 spiro atoms. The molecule has 0 atom stereocenters. The number of imide groups is 1. The predicted octanol–water partition coefficient (Wildman–Crippen LogP) is -0.240. The van der Waals surface area contributed by atoms with Gasteiger partial charge in [0.05, 0.1) is 12.1 Å². The molecule has 0 radical (unpaired) electrons. The fourth-order valence-corrected chi connectivity index (χ4v) is 1.51. The molecule has 1 N–H and O–H groups in total. The number of carbonyl (C=O) groups is 2. The Morgan fingerprint density at radius 3 is 2.73 bits per heavy atom. The van der Waals surface area contributed by atoms with Gasteiger partial charge in [0.15, 0.2) is 0 Å². The van der Waals surface area contributed by atoms with Crippen molar-refractivity contribution < 1.29 is 14.3 Å². The van der Waals surface area contributed by atoms with Gasteiger partial charge in [-0.2, -0.15) is 0 Å². The average molecular weight is 214 g/mol. The Kier molecular flexibility index (Phi) is 3.82. The lowest BCUT2D eigenvalue weighted by Gasteiger charge is -2.36. The molecule has 1 fully saturated rings. The Labute approximate surface area is 89.8 Å². The molecule has 0 saturated carbocycles. The number of carbonyl (C=O) groups excluding carboxylic acids is 2. The van der Waals surface area contributed by atoms with Gasteiger partial charge < -0.3 is 4.74 Å². The number of nitrogens with one attached hydrogen (secondary N) is 1. The Bertz CT molecular complexity index is 263.